The molecule has 112 valence electrons. The lowest BCUT2D eigenvalue weighted by molar-refractivity contribution is -0.143. The Kier molecular flexibility index (Phi) is 4.39. The minimum absolute atomic E-state index is 0.0401. The van der Waals surface area contributed by atoms with Crippen LogP contribution >= 0.6 is 0 Å². The summed E-state index contributed by atoms with van der Waals surface area (Å²) in [6.07, 6.45) is -0.955. The van der Waals surface area contributed by atoms with E-state index in [1.807, 2.05) is 0 Å². The summed E-state index contributed by atoms with van der Waals surface area (Å²) < 4.78 is 10.2. The molecule has 0 aromatic heterocycles. The summed E-state index contributed by atoms with van der Waals surface area (Å²) in [5, 5.41) is 8.48. The molecule has 0 radical (unpaired) electrons. The lowest BCUT2D eigenvalue weighted by Crippen LogP contribution is -2.50. The molecule has 8 nitrogen and oxygen atoms in total. The van der Waals surface area contributed by atoms with Gasteiger partial charge in [0.15, 0.2) is 6.10 Å². The van der Waals surface area contributed by atoms with Crippen molar-refractivity contribution in [3.05, 3.63) is 24.3 Å². The molecular weight excluding hydrogens is 280 g/mol. The van der Waals surface area contributed by atoms with E-state index in [4.69, 9.17) is 20.3 Å². The maximum Gasteiger partial charge on any atom is 0.329 e. The molecule has 0 fully saturated rings. The summed E-state index contributed by atoms with van der Waals surface area (Å²) in [5.74, 6) is -1.97. The second-order valence-electron chi connectivity index (χ2n) is 4.37. The largest absolute Gasteiger partial charge is 0.480 e. The molecule has 0 saturated heterocycles. The molecule has 8 heteroatoms. The van der Waals surface area contributed by atoms with Crippen molar-refractivity contribution < 1.29 is 29.0 Å². The molecule has 1 aliphatic rings. The predicted molar refractivity (Wildman–Crippen MR) is 70.9 cm³/mol. The van der Waals surface area contributed by atoms with Crippen molar-refractivity contribution in [1.82, 2.24) is 0 Å². The van der Waals surface area contributed by atoms with Crippen LogP contribution in [-0.4, -0.2) is 48.8 Å². The highest BCUT2D eigenvalue weighted by Gasteiger charge is 2.32. The number of carbonyl (C=O) groups is 3. The number of para-hydroxylation sites is 2. The van der Waals surface area contributed by atoms with E-state index in [1.54, 1.807) is 24.3 Å². The number of anilines is 1. The number of primary amides is 1. The second-order valence-corrected chi connectivity index (χ2v) is 4.37. The number of hydrogen-bond acceptors (Lipinski definition) is 5. The number of nitrogens with zero attached hydrogens (tertiary/aromatic N) is 1. The van der Waals surface area contributed by atoms with Crippen LogP contribution in [0.25, 0.3) is 0 Å². The molecule has 3 N–H and O–H groups in total. The minimum Gasteiger partial charge on any atom is -0.480 e. The Balaban J connectivity index is 2.15. The van der Waals surface area contributed by atoms with Crippen LogP contribution in [0.15, 0.2) is 24.3 Å². The van der Waals surface area contributed by atoms with Crippen LogP contribution in [0.4, 0.5) is 5.69 Å². The molecular formula is C13H14N2O6. The molecule has 1 atom stereocenters. The van der Waals surface area contributed by atoms with E-state index in [0.29, 0.717) is 11.4 Å². The average Bonchev–Trinajstić information content (AvgIpc) is 2.45. The summed E-state index contributed by atoms with van der Waals surface area (Å²) in [4.78, 5) is 35.1. The van der Waals surface area contributed by atoms with Gasteiger partial charge in [-0.25, -0.2) is 4.79 Å². The molecule has 0 spiro atoms. The van der Waals surface area contributed by atoms with E-state index in [9.17, 15) is 14.4 Å². The van der Waals surface area contributed by atoms with Gasteiger partial charge in [-0.05, 0) is 12.1 Å². The molecule has 0 saturated carbocycles. The summed E-state index contributed by atoms with van der Waals surface area (Å²) in [6, 6.07) is 6.68. The Labute approximate surface area is 120 Å². The predicted octanol–water partition coefficient (Wildman–Crippen LogP) is -0.633. The maximum atomic E-state index is 12.1. The zero-order valence-electron chi connectivity index (χ0n) is 11.0. The lowest BCUT2D eigenvalue weighted by atomic mass is 10.2. The number of benzene rings is 1. The third kappa shape index (κ3) is 3.48. The maximum absolute atomic E-state index is 12.1. The van der Waals surface area contributed by atoms with E-state index < -0.39 is 37.1 Å². The fourth-order valence-electron chi connectivity index (χ4n) is 1.92. The van der Waals surface area contributed by atoms with Crippen LogP contribution in [0.2, 0.25) is 0 Å². The molecule has 1 aliphatic heterocycles. The van der Waals surface area contributed by atoms with Gasteiger partial charge in [0.25, 0.3) is 11.8 Å². The lowest BCUT2D eigenvalue weighted by Gasteiger charge is -2.33. The van der Waals surface area contributed by atoms with Gasteiger partial charge in [0.1, 0.15) is 19.0 Å². The molecule has 1 unspecified atom stereocenters. The van der Waals surface area contributed by atoms with Crippen molar-refractivity contribution in [3.63, 3.8) is 0 Å². The van der Waals surface area contributed by atoms with Crippen molar-refractivity contribution in [1.29, 1.82) is 0 Å². The van der Waals surface area contributed by atoms with Crippen LogP contribution in [0.3, 0.4) is 0 Å². The molecule has 1 aromatic carbocycles. The van der Waals surface area contributed by atoms with Gasteiger partial charge in [0, 0.05) is 0 Å². The topological polar surface area (TPSA) is 119 Å². The normalized spacial score (nSPS) is 16.8. The van der Waals surface area contributed by atoms with E-state index in [-0.39, 0.29) is 6.54 Å². The number of hydrogen-bond donors (Lipinski definition) is 2. The first kappa shape index (κ1) is 14.8. The zero-order valence-corrected chi connectivity index (χ0v) is 11.0. The molecule has 0 aliphatic carbocycles. The first-order valence-corrected chi connectivity index (χ1v) is 6.14. The van der Waals surface area contributed by atoms with Crippen molar-refractivity contribution in [3.8, 4) is 5.75 Å². The molecule has 1 aromatic rings. The monoisotopic (exact) mass is 294 g/mol. The number of ether oxygens (including phenoxy) is 2. The van der Waals surface area contributed by atoms with E-state index in [2.05, 4.69) is 0 Å². The Bertz CT molecular complexity index is 574. The van der Waals surface area contributed by atoms with Crippen molar-refractivity contribution in [2.24, 2.45) is 5.73 Å². The third-order valence-corrected chi connectivity index (χ3v) is 2.84. The van der Waals surface area contributed by atoms with Gasteiger partial charge < -0.3 is 25.2 Å². The number of fused-ring (bicyclic) bond motifs is 1. The van der Waals surface area contributed by atoms with E-state index in [1.165, 1.54) is 4.90 Å². The average molecular weight is 294 g/mol. The van der Waals surface area contributed by atoms with Crippen LogP contribution in [-0.2, 0) is 19.1 Å². The summed E-state index contributed by atoms with van der Waals surface area (Å²) in [7, 11) is 0. The van der Waals surface area contributed by atoms with Crippen molar-refractivity contribution >= 4 is 23.5 Å². The Morgan fingerprint density at radius 3 is 2.71 bits per heavy atom. The van der Waals surface area contributed by atoms with Gasteiger partial charge in [-0.1, -0.05) is 12.1 Å². The van der Waals surface area contributed by atoms with Crippen LogP contribution in [0, 0.1) is 0 Å². The number of rotatable bonds is 5. The van der Waals surface area contributed by atoms with Crippen LogP contribution in [0.1, 0.15) is 0 Å². The fraction of sp³-hybridized carbons (Fsp3) is 0.308. The van der Waals surface area contributed by atoms with Crippen molar-refractivity contribution in [2.75, 3.05) is 24.7 Å². The van der Waals surface area contributed by atoms with Gasteiger partial charge in [0.05, 0.1) is 12.2 Å². The van der Waals surface area contributed by atoms with Gasteiger partial charge in [-0.3, -0.25) is 9.59 Å². The summed E-state index contributed by atoms with van der Waals surface area (Å²) in [6.45, 7) is -1.02. The van der Waals surface area contributed by atoms with E-state index >= 15 is 0 Å². The molecule has 2 amide bonds. The standard InChI is InChI=1S/C13H14N2O6/c14-13(19)10-5-15(11(16)6-20-7-12(17)18)8-3-1-2-4-9(8)21-10/h1-4,10H,5-7H2,(H2,14,19)(H,17,18). The molecule has 0 bridgehead atoms. The number of amides is 2. The van der Waals surface area contributed by atoms with Crippen LogP contribution in [0.5, 0.6) is 5.75 Å². The van der Waals surface area contributed by atoms with Gasteiger partial charge >= 0.3 is 5.97 Å². The van der Waals surface area contributed by atoms with Gasteiger partial charge in [-0.15, -0.1) is 0 Å². The summed E-state index contributed by atoms with van der Waals surface area (Å²) >= 11 is 0. The summed E-state index contributed by atoms with van der Waals surface area (Å²) in [5.41, 5.74) is 5.70. The number of carboxylic acids is 1. The number of aliphatic carboxylic acids is 1. The molecule has 2 rings (SSSR count). The Morgan fingerprint density at radius 1 is 1.33 bits per heavy atom. The number of nitrogens with two attached hydrogens (primary N) is 1. The van der Waals surface area contributed by atoms with E-state index in [0.717, 1.165) is 0 Å². The molecule has 1 heterocycles. The fourth-order valence-corrected chi connectivity index (χ4v) is 1.92. The number of carbonyl (C=O) groups excluding carboxylic acids is 2. The van der Waals surface area contributed by atoms with Crippen LogP contribution < -0.4 is 15.4 Å². The SMILES string of the molecule is NC(=O)C1CN(C(=O)COCC(=O)O)c2ccccc2O1. The second kappa shape index (κ2) is 6.23. The highest BCUT2D eigenvalue weighted by molar-refractivity contribution is 5.97. The highest BCUT2D eigenvalue weighted by Crippen LogP contribution is 2.33. The first-order valence-electron chi connectivity index (χ1n) is 6.14. The quantitative estimate of drug-likeness (QED) is 0.746. The van der Waals surface area contributed by atoms with Crippen molar-refractivity contribution in [2.45, 2.75) is 6.10 Å². The number of carboxylic acid groups (broad SMARTS) is 1. The first-order chi connectivity index (χ1) is 9.99. The van der Waals surface area contributed by atoms with Gasteiger partial charge in [0.2, 0.25) is 0 Å². The Morgan fingerprint density at radius 2 is 2.05 bits per heavy atom. The Hall–Kier alpha value is -2.61. The highest BCUT2D eigenvalue weighted by atomic mass is 16.5. The minimum atomic E-state index is -1.17. The third-order valence-electron chi connectivity index (χ3n) is 2.84. The van der Waals surface area contributed by atoms with Gasteiger partial charge in [-0.2, -0.15) is 0 Å². The molecule has 21 heavy (non-hydrogen) atoms. The smallest absolute Gasteiger partial charge is 0.329 e. The zero-order chi connectivity index (χ0) is 15.4.